The highest BCUT2D eigenvalue weighted by Gasteiger charge is 2.18. The number of hydrogen-bond acceptors (Lipinski definition) is 2. The average molecular weight is 242 g/mol. The van der Waals surface area contributed by atoms with Crippen LogP contribution >= 0.6 is 0 Å². The van der Waals surface area contributed by atoms with Gasteiger partial charge in [0.15, 0.2) is 0 Å². The van der Waals surface area contributed by atoms with Gasteiger partial charge in [0.05, 0.1) is 5.69 Å². The summed E-state index contributed by atoms with van der Waals surface area (Å²) in [4.78, 5) is 15.7. The van der Waals surface area contributed by atoms with Crippen LogP contribution in [-0.2, 0) is 0 Å². The molecule has 0 fully saturated rings. The first-order chi connectivity index (χ1) is 8.41. The molecule has 0 aliphatic heterocycles. The maximum Gasteiger partial charge on any atom is 0.209 e. The number of aromatic amines is 1. The summed E-state index contributed by atoms with van der Waals surface area (Å²) in [7, 11) is 0. The van der Waals surface area contributed by atoms with Gasteiger partial charge in [-0.15, -0.1) is 0 Å². The van der Waals surface area contributed by atoms with Crippen LogP contribution in [-0.4, -0.2) is 10.8 Å². The number of carbonyl (C=O) groups excluding carboxylic acids is 1. The van der Waals surface area contributed by atoms with Gasteiger partial charge in [0.2, 0.25) is 5.78 Å². The quantitative estimate of drug-likeness (QED) is 0.628. The van der Waals surface area contributed by atoms with Gasteiger partial charge in [-0.25, -0.2) is 0 Å². The van der Waals surface area contributed by atoms with Gasteiger partial charge in [0, 0.05) is 16.9 Å². The molecule has 2 rings (SSSR count). The molecule has 1 heterocycles. The molecule has 0 saturated heterocycles. The van der Waals surface area contributed by atoms with Gasteiger partial charge in [0.25, 0.3) is 0 Å². The van der Waals surface area contributed by atoms with Crippen molar-refractivity contribution < 1.29 is 4.79 Å². The number of anilines is 1. The van der Waals surface area contributed by atoms with E-state index in [4.69, 9.17) is 5.73 Å². The summed E-state index contributed by atoms with van der Waals surface area (Å²) in [6, 6.07) is 5.42. The van der Waals surface area contributed by atoms with Crippen LogP contribution in [0.2, 0.25) is 0 Å². The Morgan fingerprint density at radius 3 is 2.33 bits per heavy atom. The first-order valence-electron chi connectivity index (χ1n) is 5.98. The van der Waals surface area contributed by atoms with Crippen molar-refractivity contribution in [3.8, 4) is 0 Å². The van der Waals surface area contributed by atoms with Gasteiger partial charge in [-0.05, 0) is 56.5 Å². The number of H-pyrrole nitrogens is 1. The molecule has 2 aromatic rings. The van der Waals surface area contributed by atoms with Gasteiger partial charge in [0.1, 0.15) is 0 Å². The third-order valence-corrected chi connectivity index (χ3v) is 3.55. The molecule has 0 aliphatic rings. The monoisotopic (exact) mass is 242 g/mol. The first-order valence-corrected chi connectivity index (χ1v) is 5.98. The van der Waals surface area contributed by atoms with Crippen molar-refractivity contribution in [3.05, 3.63) is 51.8 Å². The predicted molar refractivity (Wildman–Crippen MR) is 74.0 cm³/mol. The lowest BCUT2D eigenvalue weighted by Gasteiger charge is -2.06. The van der Waals surface area contributed by atoms with E-state index in [9.17, 15) is 4.79 Å². The Morgan fingerprint density at radius 2 is 1.78 bits per heavy atom. The molecule has 3 nitrogen and oxygen atoms in total. The van der Waals surface area contributed by atoms with Crippen LogP contribution in [0.5, 0.6) is 0 Å². The van der Waals surface area contributed by atoms with Crippen LogP contribution in [0.4, 0.5) is 5.69 Å². The third kappa shape index (κ3) is 1.92. The molecule has 0 bridgehead atoms. The van der Waals surface area contributed by atoms with E-state index in [-0.39, 0.29) is 5.78 Å². The first kappa shape index (κ1) is 12.4. The average Bonchev–Trinajstić information content (AvgIpc) is 2.59. The number of ketones is 1. The predicted octanol–water partition coefficient (Wildman–Crippen LogP) is 3.06. The van der Waals surface area contributed by atoms with E-state index in [0.29, 0.717) is 16.9 Å². The fraction of sp³-hybridized carbons (Fsp3) is 0.267. The molecule has 3 heteroatoms. The maximum absolute atomic E-state index is 12.5. The number of nitrogens with two attached hydrogens (primary N) is 1. The second-order valence-corrected chi connectivity index (χ2v) is 4.78. The van der Waals surface area contributed by atoms with Crippen molar-refractivity contribution in [2.75, 3.05) is 5.73 Å². The minimum atomic E-state index is 0.00787. The van der Waals surface area contributed by atoms with E-state index in [1.54, 1.807) is 6.07 Å². The van der Waals surface area contributed by atoms with Crippen molar-refractivity contribution in [3.63, 3.8) is 0 Å². The molecule has 3 N–H and O–H groups in total. The summed E-state index contributed by atoms with van der Waals surface area (Å²) in [5.74, 6) is 0.00787. The van der Waals surface area contributed by atoms with Crippen LogP contribution in [0.25, 0.3) is 0 Å². The van der Waals surface area contributed by atoms with Crippen molar-refractivity contribution >= 4 is 11.5 Å². The van der Waals surface area contributed by atoms with Crippen LogP contribution in [0.3, 0.4) is 0 Å². The van der Waals surface area contributed by atoms with E-state index >= 15 is 0 Å². The molecule has 1 aromatic heterocycles. The second kappa shape index (κ2) is 4.33. The number of benzene rings is 1. The van der Waals surface area contributed by atoms with E-state index in [1.165, 1.54) is 0 Å². The number of aryl methyl sites for hydroxylation is 2. The van der Waals surface area contributed by atoms with Crippen molar-refractivity contribution in [2.45, 2.75) is 27.7 Å². The Hall–Kier alpha value is -2.03. The summed E-state index contributed by atoms with van der Waals surface area (Å²) in [5, 5.41) is 0. The summed E-state index contributed by atoms with van der Waals surface area (Å²) < 4.78 is 0. The maximum atomic E-state index is 12.5. The summed E-state index contributed by atoms with van der Waals surface area (Å²) in [6.07, 6.45) is 0. The van der Waals surface area contributed by atoms with Gasteiger partial charge >= 0.3 is 0 Å². The second-order valence-electron chi connectivity index (χ2n) is 4.78. The molecular weight excluding hydrogens is 224 g/mol. The molecule has 18 heavy (non-hydrogen) atoms. The molecule has 0 amide bonds. The van der Waals surface area contributed by atoms with Gasteiger partial charge in [-0.2, -0.15) is 0 Å². The van der Waals surface area contributed by atoms with Gasteiger partial charge < -0.3 is 10.7 Å². The zero-order chi connectivity index (χ0) is 13.4. The van der Waals surface area contributed by atoms with E-state index in [0.717, 1.165) is 22.4 Å². The molecule has 0 spiro atoms. The highest BCUT2D eigenvalue weighted by atomic mass is 16.1. The topological polar surface area (TPSA) is 58.9 Å². The lowest BCUT2D eigenvalue weighted by atomic mass is 9.99. The van der Waals surface area contributed by atoms with Crippen LogP contribution in [0.15, 0.2) is 18.2 Å². The number of carbonyl (C=O) groups is 1. The van der Waals surface area contributed by atoms with E-state index in [2.05, 4.69) is 4.98 Å². The smallest absolute Gasteiger partial charge is 0.209 e. The van der Waals surface area contributed by atoms with Crippen molar-refractivity contribution in [1.29, 1.82) is 0 Å². The molecule has 0 saturated carbocycles. The number of hydrogen-bond donors (Lipinski definition) is 2. The largest absolute Gasteiger partial charge is 0.399 e. The standard InChI is InChI=1S/C15H18N2O/c1-8-5-6-12(16)7-13(8)15(18)14-10(3)9(2)11(4)17-14/h5-7,17H,16H2,1-4H3. The van der Waals surface area contributed by atoms with Crippen LogP contribution in [0, 0.1) is 27.7 Å². The van der Waals surface area contributed by atoms with Gasteiger partial charge in [-0.1, -0.05) is 6.07 Å². The zero-order valence-corrected chi connectivity index (χ0v) is 11.2. The Labute approximate surface area is 107 Å². The number of nitrogen functional groups attached to an aromatic ring is 1. The lowest BCUT2D eigenvalue weighted by Crippen LogP contribution is -2.06. The third-order valence-electron chi connectivity index (χ3n) is 3.55. The fourth-order valence-electron chi connectivity index (χ4n) is 2.09. The Balaban J connectivity index is 2.54. The van der Waals surface area contributed by atoms with E-state index < -0.39 is 0 Å². The summed E-state index contributed by atoms with van der Waals surface area (Å²) in [5.41, 5.74) is 11.8. The highest BCUT2D eigenvalue weighted by molar-refractivity contribution is 6.10. The van der Waals surface area contributed by atoms with Crippen molar-refractivity contribution in [2.24, 2.45) is 0 Å². The molecule has 0 aliphatic carbocycles. The molecular formula is C15H18N2O. The molecule has 0 radical (unpaired) electrons. The Kier molecular flexibility index (Phi) is 2.99. The number of aromatic nitrogens is 1. The minimum Gasteiger partial charge on any atom is -0.399 e. The SMILES string of the molecule is Cc1ccc(N)cc1C(=O)c1[nH]c(C)c(C)c1C. The Bertz CT molecular complexity index is 624. The lowest BCUT2D eigenvalue weighted by molar-refractivity contribution is 0.103. The molecule has 0 atom stereocenters. The van der Waals surface area contributed by atoms with Gasteiger partial charge in [-0.3, -0.25) is 4.79 Å². The summed E-state index contributed by atoms with van der Waals surface area (Å²) >= 11 is 0. The Morgan fingerprint density at radius 1 is 1.11 bits per heavy atom. The number of nitrogens with one attached hydrogen (secondary N) is 1. The minimum absolute atomic E-state index is 0.00787. The van der Waals surface area contributed by atoms with Crippen LogP contribution < -0.4 is 5.73 Å². The molecule has 0 unspecified atom stereocenters. The zero-order valence-electron chi connectivity index (χ0n) is 11.2. The fourth-order valence-corrected chi connectivity index (χ4v) is 2.09. The number of rotatable bonds is 2. The normalized spacial score (nSPS) is 10.7. The molecule has 1 aromatic carbocycles. The van der Waals surface area contributed by atoms with Crippen LogP contribution in [0.1, 0.15) is 38.4 Å². The van der Waals surface area contributed by atoms with E-state index in [1.807, 2.05) is 39.8 Å². The molecule has 94 valence electrons. The summed E-state index contributed by atoms with van der Waals surface area (Å²) in [6.45, 7) is 7.88. The highest BCUT2D eigenvalue weighted by Crippen LogP contribution is 2.22. The van der Waals surface area contributed by atoms with Crippen molar-refractivity contribution in [1.82, 2.24) is 4.98 Å².